The molecule has 2 nitrogen and oxygen atoms in total. The summed E-state index contributed by atoms with van der Waals surface area (Å²) < 4.78 is 0. The molecule has 0 spiro atoms. The molecule has 0 aliphatic heterocycles. The number of aromatic nitrogens is 2. The molecule has 0 fully saturated rings. The van der Waals surface area contributed by atoms with Gasteiger partial charge in [-0.1, -0.05) is 48.5 Å². The lowest BCUT2D eigenvalue weighted by molar-refractivity contribution is 0.570. The van der Waals surface area contributed by atoms with Gasteiger partial charge in [-0.25, -0.2) is 9.97 Å². The number of nitrogens with zero attached hydrogens (tertiary/aromatic N) is 2. The van der Waals surface area contributed by atoms with Crippen LogP contribution in [-0.4, -0.2) is 9.97 Å². The lowest BCUT2D eigenvalue weighted by Gasteiger charge is -2.27. The third-order valence-electron chi connectivity index (χ3n) is 6.10. The minimum atomic E-state index is 0.346. The van der Waals surface area contributed by atoms with Crippen LogP contribution in [0.2, 0.25) is 0 Å². The predicted molar refractivity (Wildman–Crippen MR) is 104 cm³/mol. The SMILES string of the molecule is c1ccc2c(c1)CCCC2c1ccnc(C2CCCc3ccccc32)n1. The highest BCUT2D eigenvalue weighted by molar-refractivity contribution is 5.39. The Hall–Kier alpha value is -2.48. The molecule has 0 N–H and O–H groups in total. The third-order valence-corrected chi connectivity index (χ3v) is 6.10. The molecule has 1 heterocycles. The zero-order valence-corrected chi connectivity index (χ0v) is 15.1. The number of rotatable bonds is 2. The Morgan fingerprint density at radius 3 is 2.04 bits per heavy atom. The molecule has 0 amide bonds. The van der Waals surface area contributed by atoms with Gasteiger partial charge in [0.05, 0.1) is 5.69 Å². The van der Waals surface area contributed by atoms with Crippen LogP contribution in [0.4, 0.5) is 0 Å². The van der Waals surface area contributed by atoms with Gasteiger partial charge in [-0.2, -0.15) is 0 Å². The summed E-state index contributed by atoms with van der Waals surface area (Å²) in [5.41, 5.74) is 7.06. The van der Waals surface area contributed by atoms with Crippen molar-refractivity contribution in [1.29, 1.82) is 0 Å². The van der Waals surface area contributed by atoms with Gasteiger partial charge in [-0.3, -0.25) is 0 Å². The minimum Gasteiger partial charge on any atom is -0.241 e. The smallest absolute Gasteiger partial charge is 0.136 e. The van der Waals surface area contributed by atoms with Crippen LogP contribution in [0.3, 0.4) is 0 Å². The number of hydrogen-bond donors (Lipinski definition) is 0. The van der Waals surface area contributed by atoms with E-state index in [1.54, 1.807) is 0 Å². The second-order valence-corrected chi connectivity index (χ2v) is 7.63. The maximum absolute atomic E-state index is 5.11. The number of hydrogen-bond acceptors (Lipinski definition) is 2. The first-order valence-electron chi connectivity index (χ1n) is 9.88. The second kappa shape index (κ2) is 6.68. The Balaban J connectivity index is 1.54. The highest BCUT2D eigenvalue weighted by Gasteiger charge is 2.26. The summed E-state index contributed by atoms with van der Waals surface area (Å²) in [4.78, 5) is 9.81. The monoisotopic (exact) mass is 340 g/mol. The summed E-state index contributed by atoms with van der Waals surface area (Å²) in [5, 5.41) is 0. The van der Waals surface area contributed by atoms with Gasteiger partial charge in [0.1, 0.15) is 5.82 Å². The van der Waals surface area contributed by atoms with Gasteiger partial charge in [-0.05, 0) is 66.8 Å². The van der Waals surface area contributed by atoms with E-state index < -0.39 is 0 Å². The highest BCUT2D eigenvalue weighted by atomic mass is 14.9. The lowest BCUT2D eigenvalue weighted by atomic mass is 9.80. The van der Waals surface area contributed by atoms with E-state index in [9.17, 15) is 0 Å². The van der Waals surface area contributed by atoms with Gasteiger partial charge < -0.3 is 0 Å². The lowest BCUT2D eigenvalue weighted by Crippen LogP contribution is -2.17. The topological polar surface area (TPSA) is 25.8 Å². The molecule has 5 rings (SSSR count). The molecule has 1 aromatic heterocycles. The van der Waals surface area contributed by atoms with E-state index >= 15 is 0 Å². The van der Waals surface area contributed by atoms with Gasteiger partial charge in [-0.15, -0.1) is 0 Å². The maximum atomic E-state index is 5.11. The van der Waals surface area contributed by atoms with Crippen molar-refractivity contribution >= 4 is 0 Å². The van der Waals surface area contributed by atoms with Gasteiger partial charge in [0.15, 0.2) is 0 Å². The van der Waals surface area contributed by atoms with E-state index in [2.05, 4.69) is 54.6 Å². The van der Waals surface area contributed by atoms with Gasteiger partial charge in [0.2, 0.25) is 0 Å². The van der Waals surface area contributed by atoms with Crippen LogP contribution in [0, 0.1) is 0 Å². The fraction of sp³-hybridized carbons (Fsp3) is 0.333. The van der Waals surface area contributed by atoms with Crippen molar-refractivity contribution in [3.63, 3.8) is 0 Å². The molecule has 2 aliphatic carbocycles. The molecule has 3 aromatic rings. The van der Waals surface area contributed by atoms with E-state index in [-0.39, 0.29) is 0 Å². The number of aryl methyl sites for hydroxylation is 2. The van der Waals surface area contributed by atoms with E-state index in [4.69, 9.17) is 9.97 Å². The molecular weight excluding hydrogens is 316 g/mol. The van der Waals surface area contributed by atoms with Gasteiger partial charge >= 0.3 is 0 Å². The van der Waals surface area contributed by atoms with Crippen molar-refractivity contribution in [3.05, 3.63) is 94.6 Å². The van der Waals surface area contributed by atoms with Crippen LogP contribution < -0.4 is 0 Å². The van der Waals surface area contributed by atoms with E-state index in [1.807, 2.05) is 6.20 Å². The molecule has 130 valence electrons. The van der Waals surface area contributed by atoms with E-state index in [0.717, 1.165) is 12.2 Å². The average molecular weight is 340 g/mol. The fourth-order valence-electron chi connectivity index (χ4n) is 4.83. The zero-order valence-electron chi connectivity index (χ0n) is 15.1. The highest BCUT2D eigenvalue weighted by Crippen LogP contribution is 2.38. The first kappa shape index (κ1) is 15.7. The van der Waals surface area contributed by atoms with Crippen molar-refractivity contribution in [2.45, 2.75) is 50.4 Å². The molecule has 0 saturated heterocycles. The summed E-state index contributed by atoms with van der Waals surface area (Å²) >= 11 is 0. The number of fused-ring (bicyclic) bond motifs is 2. The fourth-order valence-corrected chi connectivity index (χ4v) is 4.83. The largest absolute Gasteiger partial charge is 0.241 e. The molecule has 2 heteroatoms. The normalized spacial score (nSPS) is 21.7. The first-order valence-corrected chi connectivity index (χ1v) is 9.88. The van der Waals surface area contributed by atoms with Crippen LogP contribution in [0.1, 0.15) is 71.3 Å². The summed E-state index contributed by atoms with van der Waals surface area (Å²) in [7, 11) is 0. The molecule has 0 radical (unpaired) electrons. The molecule has 2 atom stereocenters. The van der Waals surface area contributed by atoms with Crippen molar-refractivity contribution in [2.75, 3.05) is 0 Å². The van der Waals surface area contributed by atoms with Crippen molar-refractivity contribution in [3.8, 4) is 0 Å². The summed E-state index contributed by atoms with van der Waals surface area (Å²) in [6, 6.07) is 19.9. The molecule has 2 unspecified atom stereocenters. The predicted octanol–water partition coefficient (Wildman–Crippen LogP) is 5.41. The van der Waals surface area contributed by atoms with Crippen LogP contribution >= 0.6 is 0 Å². The molecule has 0 saturated carbocycles. The zero-order chi connectivity index (χ0) is 17.3. The third kappa shape index (κ3) is 2.74. The first-order chi connectivity index (χ1) is 12.9. The Kier molecular flexibility index (Phi) is 4.05. The minimum absolute atomic E-state index is 0.346. The Labute approximate surface area is 155 Å². The summed E-state index contributed by atoms with van der Waals surface area (Å²) in [6.07, 6.45) is 9.17. The Morgan fingerprint density at radius 2 is 1.31 bits per heavy atom. The van der Waals surface area contributed by atoms with Crippen molar-refractivity contribution in [1.82, 2.24) is 9.97 Å². The second-order valence-electron chi connectivity index (χ2n) is 7.63. The van der Waals surface area contributed by atoms with Crippen molar-refractivity contribution in [2.24, 2.45) is 0 Å². The average Bonchev–Trinajstić information content (AvgIpc) is 2.73. The molecule has 0 bridgehead atoms. The quantitative estimate of drug-likeness (QED) is 0.623. The Bertz CT molecular complexity index is 858. The van der Waals surface area contributed by atoms with Gasteiger partial charge in [0.25, 0.3) is 0 Å². The standard InChI is InChI=1S/C24H24N2/c1-3-11-19-17(7-1)9-5-13-21(19)23-15-16-25-24(26-23)22-14-6-10-18-8-2-4-12-20(18)22/h1-4,7-8,11-12,15-16,21-22H,5-6,9-10,13-14H2. The molecule has 26 heavy (non-hydrogen) atoms. The summed E-state index contributed by atoms with van der Waals surface area (Å²) in [6.45, 7) is 0. The van der Waals surface area contributed by atoms with E-state index in [1.165, 1.54) is 60.1 Å². The van der Waals surface area contributed by atoms with Crippen LogP contribution in [0.5, 0.6) is 0 Å². The Morgan fingerprint density at radius 1 is 0.692 bits per heavy atom. The van der Waals surface area contributed by atoms with Crippen LogP contribution in [0.25, 0.3) is 0 Å². The van der Waals surface area contributed by atoms with Crippen molar-refractivity contribution < 1.29 is 0 Å². The number of benzene rings is 2. The van der Waals surface area contributed by atoms with Gasteiger partial charge in [0, 0.05) is 18.0 Å². The molecule has 2 aromatic carbocycles. The van der Waals surface area contributed by atoms with Crippen LogP contribution in [0.15, 0.2) is 60.8 Å². The van der Waals surface area contributed by atoms with E-state index in [0.29, 0.717) is 11.8 Å². The molecular formula is C24H24N2. The maximum Gasteiger partial charge on any atom is 0.136 e. The summed E-state index contributed by atoms with van der Waals surface area (Å²) in [5.74, 6) is 1.77. The van der Waals surface area contributed by atoms with Crippen LogP contribution in [-0.2, 0) is 12.8 Å². The molecule has 2 aliphatic rings.